The van der Waals surface area contributed by atoms with Gasteiger partial charge in [0.2, 0.25) is 0 Å². The smallest absolute Gasteiger partial charge is 0.0658 e. The second-order valence-electron chi connectivity index (χ2n) is 4.24. The molecule has 1 aliphatic rings. The van der Waals surface area contributed by atoms with E-state index >= 15 is 0 Å². The van der Waals surface area contributed by atoms with Crippen LogP contribution in [0.3, 0.4) is 0 Å². The molecule has 0 amide bonds. The van der Waals surface area contributed by atoms with Crippen LogP contribution in [0.5, 0.6) is 0 Å². The molecule has 0 aliphatic heterocycles. The highest BCUT2D eigenvalue weighted by Gasteiger charge is 2.23. The summed E-state index contributed by atoms with van der Waals surface area (Å²) in [5.74, 6) is 2.03. The van der Waals surface area contributed by atoms with Crippen molar-refractivity contribution in [2.24, 2.45) is 5.92 Å². The van der Waals surface area contributed by atoms with E-state index < -0.39 is 0 Å². The Morgan fingerprint density at radius 2 is 2.08 bits per heavy atom. The lowest BCUT2D eigenvalue weighted by Gasteiger charge is -2.27. The maximum Gasteiger partial charge on any atom is 0.0658 e. The van der Waals surface area contributed by atoms with Gasteiger partial charge in [-0.3, -0.25) is 0 Å². The van der Waals surface area contributed by atoms with Crippen molar-refractivity contribution in [1.29, 1.82) is 0 Å². The average Bonchev–Trinajstić information content (AvgIpc) is 2.16. The fraction of sp³-hybridized carbons (Fsp3) is 1.00. The van der Waals surface area contributed by atoms with E-state index in [1.54, 1.807) is 0 Å². The average molecular weight is 202 g/mol. The molecule has 13 heavy (non-hydrogen) atoms. The van der Waals surface area contributed by atoms with Crippen LogP contribution in [0.25, 0.3) is 0 Å². The Bertz CT molecular complexity index is 138. The lowest BCUT2D eigenvalue weighted by atomic mass is 9.97. The molecule has 2 heteroatoms. The zero-order chi connectivity index (χ0) is 9.68. The number of rotatable bonds is 4. The third kappa shape index (κ3) is 3.90. The molecule has 1 N–H and O–H groups in total. The molecule has 1 saturated carbocycles. The molecule has 0 radical (unpaired) electrons. The molecule has 0 saturated heterocycles. The van der Waals surface area contributed by atoms with Crippen LogP contribution >= 0.6 is 11.8 Å². The van der Waals surface area contributed by atoms with Crippen LogP contribution in [0.4, 0.5) is 0 Å². The molecule has 0 aromatic rings. The largest absolute Gasteiger partial charge is 0.392 e. The third-order valence-corrected chi connectivity index (χ3v) is 4.70. The van der Waals surface area contributed by atoms with Gasteiger partial charge in [-0.25, -0.2) is 0 Å². The van der Waals surface area contributed by atoms with Gasteiger partial charge in [0.15, 0.2) is 0 Å². The van der Waals surface area contributed by atoms with Crippen molar-refractivity contribution in [3.05, 3.63) is 0 Å². The van der Waals surface area contributed by atoms with Gasteiger partial charge < -0.3 is 5.11 Å². The minimum atomic E-state index is -0.0252. The Hall–Kier alpha value is 0.310. The van der Waals surface area contributed by atoms with Crippen LogP contribution in [0, 0.1) is 5.92 Å². The van der Waals surface area contributed by atoms with Crippen LogP contribution in [-0.4, -0.2) is 22.2 Å². The first-order valence-corrected chi connectivity index (χ1v) is 6.58. The highest BCUT2D eigenvalue weighted by molar-refractivity contribution is 7.99. The summed E-state index contributed by atoms with van der Waals surface area (Å²) in [6.07, 6.45) is 6.02. The van der Waals surface area contributed by atoms with Gasteiger partial charge in [-0.15, -0.1) is 0 Å². The van der Waals surface area contributed by atoms with Gasteiger partial charge in [-0.1, -0.05) is 33.1 Å². The molecule has 78 valence electrons. The zero-order valence-electron chi connectivity index (χ0n) is 8.83. The standard InChI is InChI=1S/C11H22OS/c1-3-9(2)8-13-11-7-5-4-6-10(11)12/h9-12H,3-8H2,1-2H3/t9?,10-,11-/m1/s1. The highest BCUT2D eigenvalue weighted by atomic mass is 32.2. The van der Waals surface area contributed by atoms with Crippen LogP contribution < -0.4 is 0 Å². The van der Waals surface area contributed by atoms with E-state index in [9.17, 15) is 5.11 Å². The summed E-state index contributed by atoms with van der Waals surface area (Å²) in [5.41, 5.74) is 0. The van der Waals surface area contributed by atoms with Crippen molar-refractivity contribution in [2.45, 2.75) is 57.3 Å². The van der Waals surface area contributed by atoms with Crippen LogP contribution in [0.2, 0.25) is 0 Å². The summed E-state index contributed by atoms with van der Waals surface area (Å²) < 4.78 is 0. The lowest BCUT2D eigenvalue weighted by Crippen LogP contribution is -2.27. The van der Waals surface area contributed by atoms with E-state index in [1.165, 1.54) is 31.4 Å². The Balaban J connectivity index is 2.18. The van der Waals surface area contributed by atoms with E-state index in [0.29, 0.717) is 5.25 Å². The molecule has 1 aliphatic carbocycles. The van der Waals surface area contributed by atoms with E-state index in [1.807, 2.05) is 11.8 Å². The predicted molar refractivity (Wildman–Crippen MR) is 60.2 cm³/mol. The summed E-state index contributed by atoms with van der Waals surface area (Å²) in [6, 6.07) is 0. The summed E-state index contributed by atoms with van der Waals surface area (Å²) >= 11 is 1.99. The minimum Gasteiger partial charge on any atom is -0.392 e. The lowest BCUT2D eigenvalue weighted by molar-refractivity contribution is 0.137. The fourth-order valence-corrected chi connectivity index (χ4v) is 3.18. The molecule has 1 rings (SSSR count). The Labute approximate surface area is 86.3 Å². The maximum atomic E-state index is 9.73. The van der Waals surface area contributed by atoms with Crippen molar-refractivity contribution in [2.75, 3.05) is 5.75 Å². The summed E-state index contributed by atoms with van der Waals surface area (Å²) in [7, 11) is 0. The summed E-state index contributed by atoms with van der Waals surface area (Å²) in [5, 5.41) is 10.3. The van der Waals surface area contributed by atoms with E-state index in [2.05, 4.69) is 13.8 Å². The zero-order valence-corrected chi connectivity index (χ0v) is 9.65. The molecule has 0 spiro atoms. The van der Waals surface area contributed by atoms with Crippen molar-refractivity contribution in [3.8, 4) is 0 Å². The Kier molecular flexibility index (Phi) is 5.18. The van der Waals surface area contributed by atoms with Crippen LogP contribution in [0.1, 0.15) is 46.0 Å². The molecule has 1 unspecified atom stereocenters. The second-order valence-corrected chi connectivity index (χ2v) is 5.51. The van der Waals surface area contributed by atoms with E-state index in [0.717, 1.165) is 12.3 Å². The monoisotopic (exact) mass is 202 g/mol. The Morgan fingerprint density at radius 1 is 1.38 bits per heavy atom. The van der Waals surface area contributed by atoms with E-state index in [-0.39, 0.29) is 6.10 Å². The highest BCUT2D eigenvalue weighted by Crippen LogP contribution is 2.30. The van der Waals surface area contributed by atoms with Crippen molar-refractivity contribution < 1.29 is 5.11 Å². The van der Waals surface area contributed by atoms with E-state index in [4.69, 9.17) is 0 Å². The van der Waals surface area contributed by atoms with Crippen LogP contribution in [-0.2, 0) is 0 Å². The van der Waals surface area contributed by atoms with Crippen LogP contribution in [0.15, 0.2) is 0 Å². The molecule has 1 nitrogen and oxygen atoms in total. The SMILES string of the molecule is CCC(C)CS[C@@H]1CCCC[C@H]1O. The molecule has 0 aromatic carbocycles. The fourth-order valence-electron chi connectivity index (χ4n) is 1.68. The normalized spacial score (nSPS) is 31.6. The quantitative estimate of drug-likeness (QED) is 0.756. The molecule has 0 aromatic heterocycles. The number of thioether (sulfide) groups is 1. The molecule has 3 atom stereocenters. The number of hydrogen-bond donors (Lipinski definition) is 1. The topological polar surface area (TPSA) is 20.2 Å². The summed E-state index contributed by atoms with van der Waals surface area (Å²) in [6.45, 7) is 4.53. The first-order chi connectivity index (χ1) is 6.24. The van der Waals surface area contributed by atoms with Gasteiger partial charge in [0, 0.05) is 5.25 Å². The third-order valence-electron chi connectivity index (χ3n) is 2.96. The van der Waals surface area contributed by atoms with Crippen molar-refractivity contribution in [3.63, 3.8) is 0 Å². The summed E-state index contributed by atoms with van der Waals surface area (Å²) in [4.78, 5) is 0. The van der Waals surface area contributed by atoms with Crippen molar-refractivity contribution >= 4 is 11.8 Å². The predicted octanol–water partition coefficient (Wildman–Crippen LogP) is 3.07. The first kappa shape index (κ1) is 11.4. The van der Waals surface area contributed by atoms with Gasteiger partial charge in [0.25, 0.3) is 0 Å². The van der Waals surface area contributed by atoms with Crippen molar-refractivity contribution in [1.82, 2.24) is 0 Å². The van der Waals surface area contributed by atoms with Gasteiger partial charge >= 0.3 is 0 Å². The van der Waals surface area contributed by atoms with Gasteiger partial charge in [-0.2, -0.15) is 11.8 Å². The maximum absolute atomic E-state index is 9.73. The molecule has 0 bridgehead atoms. The van der Waals surface area contributed by atoms with Gasteiger partial charge in [0.05, 0.1) is 6.10 Å². The molecule has 1 fully saturated rings. The second kappa shape index (κ2) is 5.92. The molecule has 0 heterocycles. The Morgan fingerprint density at radius 3 is 2.69 bits per heavy atom. The van der Waals surface area contributed by atoms with Gasteiger partial charge in [-0.05, 0) is 24.5 Å². The first-order valence-electron chi connectivity index (χ1n) is 5.53. The molecular formula is C11H22OS. The number of aliphatic hydroxyl groups is 1. The minimum absolute atomic E-state index is 0.0252. The number of aliphatic hydroxyl groups excluding tert-OH is 1. The van der Waals surface area contributed by atoms with Gasteiger partial charge in [0.1, 0.15) is 0 Å². The molecular weight excluding hydrogens is 180 g/mol. The number of hydrogen-bond acceptors (Lipinski definition) is 2.